The molecule has 0 aliphatic rings. The molecule has 1 heterocycles. The lowest BCUT2D eigenvalue weighted by atomic mass is 9.84. The number of amides is 1. The first kappa shape index (κ1) is 17.2. The van der Waals surface area contributed by atoms with E-state index in [-0.39, 0.29) is 24.3 Å². The molecule has 2 atom stereocenters. The molecule has 7 nitrogen and oxygen atoms in total. The van der Waals surface area contributed by atoms with E-state index in [9.17, 15) is 14.7 Å². The molecular formula is C14H24N4O3. The molecule has 0 spiro atoms. The maximum atomic E-state index is 12.2. The number of nitrogens with two attached hydrogens (primary N) is 1. The molecule has 1 rings (SSSR count). The van der Waals surface area contributed by atoms with Crippen LogP contribution in [0.5, 0.6) is 0 Å². The number of carboxylic acid groups (broad SMARTS) is 1. The van der Waals surface area contributed by atoms with Crippen molar-refractivity contribution in [2.45, 2.75) is 39.7 Å². The molecule has 118 valence electrons. The minimum Gasteiger partial charge on any atom is -0.480 e. The van der Waals surface area contributed by atoms with Crippen LogP contribution in [0.25, 0.3) is 0 Å². The first-order valence-electron chi connectivity index (χ1n) is 6.93. The normalized spacial score (nSPS) is 14.5. The highest BCUT2D eigenvalue weighted by Crippen LogP contribution is 2.24. The lowest BCUT2D eigenvalue weighted by molar-refractivity contribution is -0.142. The number of aromatic amines is 1. The summed E-state index contributed by atoms with van der Waals surface area (Å²) in [6.07, 6.45) is 3.77. The topological polar surface area (TPSA) is 121 Å². The summed E-state index contributed by atoms with van der Waals surface area (Å²) in [7, 11) is 0. The molecule has 0 saturated heterocycles. The van der Waals surface area contributed by atoms with Crippen molar-refractivity contribution in [2.24, 2.45) is 17.1 Å². The number of carbonyl (C=O) groups is 2. The summed E-state index contributed by atoms with van der Waals surface area (Å²) in [4.78, 5) is 30.2. The molecule has 0 aromatic carbocycles. The number of hydrogen-bond acceptors (Lipinski definition) is 4. The van der Waals surface area contributed by atoms with Crippen LogP contribution in [0.2, 0.25) is 0 Å². The van der Waals surface area contributed by atoms with E-state index in [1.165, 1.54) is 12.5 Å². The average molecular weight is 296 g/mol. The van der Waals surface area contributed by atoms with Crippen molar-refractivity contribution in [1.82, 2.24) is 15.3 Å². The highest BCUT2D eigenvalue weighted by molar-refractivity contribution is 5.85. The van der Waals surface area contributed by atoms with Crippen LogP contribution in [0.15, 0.2) is 12.5 Å². The van der Waals surface area contributed by atoms with Gasteiger partial charge in [-0.25, -0.2) is 9.78 Å². The van der Waals surface area contributed by atoms with E-state index in [2.05, 4.69) is 15.3 Å². The standard InChI is InChI=1S/C14H24N4O3/c1-14(2,3)5-9(6-15)12(19)18-11(13(20)21)4-10-7-16-8-17-10/h7-9,11H,4-6,15H2,1-3H3,(H,16,17)(H,18,19)(H,20,21)/t9?,11-/m1/s1. The Morgan fingerprint density at radius 1 is 1.48 bits per heavy atom. The molecule has 0 radical (unpaired) electrons. The van der Waals surface area contributed by atoms with Gasteiger partial charge in [0, 0.05) is 24.9 Å². The molecule has 1 aromatic rings. The van der Waals surface area contributed by atoms with Crippen LogP contribution in [0.1, 0.15) is 32.9 Å². The minimum atomic E-state index is -1.08. The second kappa shape index (κ2) is 7.21. The summed E-state index contributed by atoms with van der Waals surface area (Å²) in [6.45, 7) is 6.24. The predicted octanol–water partition coefficient (Wildman–Crippen LogP) is 0.533. The molecule has 1 aromatic heterocycles. The van der Waals surface area contributed by atoms with Crippen molar-refractivity contribution < 1.29 is 14.7 Å². The number of nitrogens with one attached hydrogen (secondary N) is 2. The van der Waals surface area contributed by atoms with Gasteiger partial charge in [-0.15, -0.1) is 0 Å². The van der Waals surface area contributed by atoms with Gasteiger partial charge >= 0.3 is 5.97 Å². The van der Waals surface area contributed by atoms with E-state index in [1.54, 1.807) is 0 Å². The van der Waals surface area contributed by atoms with E-state index < -0.39 is 17.9 Å². The van der Waals surface area contributed by atoms with E-state index in [4.69, 9.17) is 5.73 Å². The number of hydrogen-bond donors (Lipinski definition) is 4. The van der Waals surface area contributed by atoms with Crippen LogP contribution in [0.4, 0.5) is 0 Å². The van der Waals surface area contributed by atoms with Gasteiger partial charge in [0.15, 0.2) is 0 Å². The van der Waals surface area contributed by atoms with Crippen LogP contribution in [-0.4, -0.2) is 39.5 Å². The molecule has 0 saturated carbocycles. The van der Waals surface area contributed by atoms with Crippen molar-refractivity contribution in [1.29, 1.82) is 0 Å². The fourth-order valence-electron chi connectivity index (χ4n) is 2.13. The summed E-state index contributed by atoms with van der Waals surface area (Å²) >= 11 is 0. The zero-order valence-electron chi connectivity index (χ0n) is 12.7. The zero-order valence-corrected chi connectivity index (χ0v) is 12.7. The quantitative estimate of drug-likeness (QED) is 0.585. The first-order valence-corrected chi connectivity index (χ1v) is 6.93. The molecular weight excluding hydrogens is 272 g/mol. The van der Waals surface area contributed by atoms with E-state index in [0.717, 1.165) is 0 Å². The third kappa shape index (κ3) is 5.95. The Morgan fingerprint density at radius 3 is 2.57 bits per heavy atom. The predicted molar refractivity (Wildman–Crippen MR) is 78.5 cm³/mol. The Hall–Kier alpha value is -1.89. The Morgan fingerprint density at radius 2 is 2.14 bits per heavy atom. The molecule has 21 heavy (non-hydrogen) atoms. The first-order chi connectivity index (χ1) is 9.73. The Balaban J connectivity index is 2.69. The van der Waals surface area contributed by atoms with Crippen molar-refractivity contribution in [3.8, 4) is 0 Å². The molecule has 7 heteroatoms. The summed E-state index contributed by atoms with van der Waals surface area (Å²) in [5.74, 6) is -1.79. The number of carbonyl (C=O) groups excluding carboxylic acids is 1. The number of imidazole rings is 1. The molecule has 0 bridgehead atoms. The van der Waals surface area contributed by atoms with Crippen molar-refractivity contribution in [3.63, 3.8) is 0 Å². The van der Waals surface area contributed by atoms with Gasteiger partial charge in [0.25, 0.3) is 0 Å². The largest absolute Gasteiger partial charge is 0.480 e. The molecule has 5 N–H and O–H groups in total. The van der Waals surface area contributed by atoms with Crippen LogP contribution in [0.3, 0.4) is 0 Å². The van der Waals surface area contributed by atoms with Gasteiger partial charge in [0.2, 0.25) is 5.91 Å². The number of aliphatic carboxylic acids is 1. The molecule has 1 unspecified atom stereocenters. The number of aromatic nitrogens is 2. The Kier molecular flexibility index (Phi) is 5.90. The van der Waals surface area contributed by atoms with Crippen LogP contribution < -0.4 is 11.1 Å². The van der Waals surface area contributed by atoms with Gasteiger partial charge < -0.3 is 21.1 Å². The van der Waals surface area contributed by atoms with Crippen LogP contribution >= 0.6 is 0 Å². The SMILES string of the molecule is CC(C)(C)CC(CN)C(=O)N[C@H](Cc1cnc[nH]1)C(=O)O. The molecule has 0 aliphatic carbocycles. The van der Waals surface area contributed by atoms with E-state index in [1.807, 2.05) is 20.8 Å². The average Bonchev–Trinajstić information content (AvgIpc) is 2.86. The Bertz CT molecular complexity index is 465. The van der Waals surface area contributed by atoms with E-state index in [0.29, 0.717) is 12.1 Å². The summed E-state index contributed by atoms with van der Waals surface area (Å²) in [5.41, 5.74) is 6.25. The van der Waals surface area contributed by atoms with Crippen LogP contribution in [-0.2, 0) is 16.0 Å². The lowest BCUT2D eigenvalue weighted by Gasteiger charge is -2.25. The molecule has 0 fully saturated rings. The van der Waals surface area contributed by atoms with Gasteiger partial charge in [0.05, 0.1) is 12.2 Å². The maximum Gasteiger partial charge on any atom is 0.326 e. The van der Waals surface area contributed by atoms with Crippen molar-refractivity contribution in [3.05, 3.63) is 18.2 Å². The Labute approximate surface area is 124 Å². The lowest BCUT2D eigenvalue weighted by Crippen LogP contribution is -2.47. The second-order valence-electron chi connectivity index (χ2n) is 6.38. The second-order valence-corrected chi connectivity index (χ2v) is 6.38. The maximum absolute atomic E-state index is 12.2. The number of nitrogens with zero attached hydrogens (tertiary/aromatic N) is 1. The zero-order chi connectivity index (χ0) is 16.0. The summed E-state index contributed by atoms with van der Waals surface area (Å²) in [5, 5.41) is 11.8. The van der Waals surface area contributed by atoms with Crippen molar-refractivity contribution >= 4 is 11.9 Å². The minimum absolute atomic E-state index is 0.0521. The number of carboxylic acids is 1. The monoisotopic (exact) mass is 296 g/mol. The fourth-order valence-corrected chi connectivity index (χ4v) is 2.13. The van der Waals surface area contributed by atoms with Gasteiger partial charge in [0.1, 0.15) is 6.04 Å². The van der Waals surface area contributed by atoms with Gasteiger partial charge in [-0.2, -0.15) is 0 Å². The molecule has 1 amide bonds. The smallest absolute Gasteiger partial charge is 0.326 e. The summed E-state index contributed by atoms with van der Waals surface area (Å²) in [6, 6.07) is -0.994. The molecule has 0 aliphatic heterocycles. The summed E-state index contributed by atoms with van der Waals surface area (Å²) < 4.78 is 0. The van der Waals surface area contributed by atoms with Gasteiger partial charge in [-0.1, -0.05) is 20.8 Å². The fraction of sp³-hybridized carbons (Fsp3) is 0.643. The number of H-pyrrole nitrogens is 1. The highest BCUT2D eigenvalue weighted by Gasteiger charge is 2.28. The van der Waals surface area contributed by atoms with Crippen molar-refractivity contribution in [2.75, 3.05) is 6.54 Å². The number of rotatable bonds is 7. The third-order valence-electron chi connectivity index (χ3n) is 3.11. The van der Waals surface area contributed by atoms with Crippen LogP contribution in [0, 0.1) is 11.3 Å². The van der Waals surface area contributed by atoms with Gasteiger partial charge in [-0.3, -0.25) is 4.79 Å². The third-order valence-corrected chi connectivity index (χ3v) is 3.11. The van der Waals surface area contributed by atoms with Gasteiger partial charge in [-0.05, 0) is 11.8 Å². The van der Waals surface area contributed by atoms with E-state index >= 15 is 0 Å². The highest BCUT2D eigenvalue weighted by atomic mass is 16.4.